The number of benzene rings is 1. The maximum atomic E-state index is 14.7. The first-order valence-corrected chi connectivity index (χ1v) is 13.1. The Hall–Kier alpha value is -1.82. The number of carbonyl (C=O) groups excluding carboxylic acids is 2. The summed E-state index contributed by atoms with van der Waals surface area (Å²) < 4.78 is 29.4. The van der Waals surface area contributed by atoms with Gasteiger partial charge in [-0.1, -0.05) is 19.4 Å². The smallest absolute Gasteiger partial charge is 0.271 e. The molecule has 0 aromatic heterocycles. The van der Waals surface area contributed by atoms with Gasteiger partial charge in [0.25, 0.3) is 11.8 Å². The largest absolute Gasteiger partial charge is 0.382 e. The van der Waals surface area contributed by atoms with Crippen molar-refractivity contribution in [3.63, 3.8) is 0 Å². The molecule has 4 unspecified atom stereocenters. The first-order valence-electron chi connectivity index (χ1n) is 13.1. The molecule has 1 amide bonds. The monoisotopic (exact) mass is 473 g/mol. The molecule has 0 radical (unpaired) electrons. The molecule has 3 saturated carbocycles. The number of ketones is 1. The Bertz CT molecular complexity index is 959. The van der Waals surface area contributed by atoms with Crippen LogP contribution in [0.2, 0.25) is 0 Å². The number of halogens is 2. The number of fused-ring (bicyclic) bond motifs is 1. The number of hydrogen-bond donors (Lipinski definition) is 1. The Morgan fingerprint density at radius 3 is 2.41 bits per heavy atom. The maximum absolute atomic E-state index is 14.7. The summed E-state index contributed by atoms with van der Waals surface area (Å²) in [5.74, 6) is -1.33. The molecule has 6 heteroatoms. The molecule has 4 aliphatic rings. The molecule has 4 fully saturated rings. The first-order chi connectivity index (χ1) is 16.1. The van der Waals surface area contributed by atoms with Crippen LogP contribution in [0, 0.1) is 23.7 Å². The fraction of sp³-hybridized carbons (Fsp3) is 0.714. The minimum atomic E-state index is -3.11. The van der Waals surface area contributed by atoms with Gasteiger partial charge in [-0.15, -0.1) is 0 Å². The highest BCUT2D eigenvalue weighted by Gasteiger charge is 2.50. The third-order valence-electron chi connectivity index (χ3n) is 9.32. The summed E-state index contributed by atoms with van der Waals surface area (Å²) in [6, 6.07) is 5.10. The van der Waals surface area contributed by atoms with Crippen molar-refractivity contribution in [2.24, 2.45) is 23.7 Å². The second-order valence-electron chi connectivity index (χ2n) is 11.6. The molecular formula is C28H37F2NO3. The van der Waals surface area contributed by atoms with Crippen LogP contribution >= 0.6 is 0 Å². The lowest BCUT2D eigenvalue weighted by atomic mass is 9.71. The van der Waals surface area contributed by atoms with E-state index in [0.29, 0.717) is 44.7 Å². The maximum Gasteiger partial charge on any atom is 0.271 e. The first kappa shape index (κ1) is 23.9. The van der Waals surface area contributed by atoms with Crippen LogP contribution < -0.4 is 0 Å². The number of alkyl halides is 2. The number of carbonyl (C=O) groups is 2. The van der Waals surface area contributed by atoms with Crippen LogP contribution in [0.25, 0.3) is 0 Å². The summed E-state index contributed by atoms with van der Waals surface area (Å²) in [4.78, 5) is 27.3. The zero-order chi connectivity index (χ0) is 24.3. The summed E-state index contributed by atoms with van der Waals surface area (Å²) in [6.45, 7) is 3.92. The van der Waals surface area contributed by atoms with E-state index in [1.165, 1.54) is 12.8 Å². The van der Waals surface area contributed by atoms with Crippen molar-refractivity contribution in [3.8, 4) is 0 Å². The fourth-order valence-electron chi connectivity index (χ4n) is 6.99. The second kappa shape index (κ2) is 8.69. The molecule has 1 saturated heterocycles. The van der Waals surface area contributed by atoms with Crippen LogP contribution in [-0.4, -0.2) is 40.4 Å². The molecule has 0 spiro atoms. The van der Waals surface area contributed by atoms with Gasteiger partial charge in [-0.25, -0.2) is 8.78 Å². The van der Waals surface area contributed by atoms with Gasteiger partial charge in [0.05, 0.1) is 0 Å². The molecule has 0 bridgehead atoms. The Balaban J connectivity index is 1.31. The molecule has 1 aromatic carbocycles. The molecule has 4 nitrogen and oxygen atoms in total. The van der Waals surface area contributed by atoms with E-state index in [1.807, 2.05) is 6.07 Å². The predicted octanol–water partition coefficient (Wildman–Crippen LogP) is 5.67. The molecule has 186 valence electrons. The van der Waals surface area contributed by atoms with Crippen molar-refractivity contribution in [3.05, 3.63) is 34.9 Å². The van der Waals surface area contributed by atoms with E-state index in [0.717, 1.165) is 43.6 Å². The van der Waals surface area contributed by atoms with Gasteiger partial charge in [-0.2, -0.15) is 0 Å². The van der Waals surface area contributed by atoms with E-state index < -0.39 is 11.5 Å². The number of piperidine rings is 1. The van der Waals surface area contributed by atoms with Crippen LogP contribution in [0.3, 0.4) is 0 Å². The SMILES string of the molecule is CC1CCC2CC(c3ccc(C(=O)N4CCC(C(=O)C5(O)CC5)CC4)c(C(C)(F)F)c3)CCC12. The van der Waals surface area contributed by atoms with Crippen LogP contribution in [0.1, 0.15) is 99.0 Å². The molecule has 4 atom stereocenters. The Morgan fingerprint density at radius 2 is 1.76 bits per heavy atom. The van der Waals surface area contributed by atoms with Crippen molar-refractivity contribution in [1.29, 1.82) is 0 Å². The minimum absolute atomic E-state index is 0.0741. The third kappa shape index (κ3) is 4.43. The Morgan fingerprint density at radius 1 is 1.06 bits per heavy atom. The van der Waals surface area contributed by atoms with Crippen LogP contribution in [0.15, 0.2) is 18.2 Å². The van der Waals surface area contributed by atoms with Gasteiger partial charge in [0.15, 0.2) is 5.78 Å². The van der Waals surface area contributed by atoms with Gasteiger partial charge in [0.1, 0.15) is 5.60 Å². The molecule has 1 aromatic rings. The zero-order valence-corrected chi connectivity index (χ0v) is 20.4. The van der Waals surface area contributed by atoms with Crippen LogP contribution in [0.5, 0.6) is 0 Å². The summed E-state index contributed by atoms with van der Waals surface area (Å²) in [5.41, 5.74) is -0.319. The number of aliphatic hydroxyl groups is 1. The lowest BCUT2D eigenvalue weighted by Gasteiger charge is -2.35. The summed E-state index contributed by atoms with van der Waals surface area (Å²) in [7, 11) is 0. The number of rotatable bonds is 5. The van der Waals surface area contributed by atoms with Gasteiger partial charge in [0, 0.05) is 37.1 Å². The highest BCUT2D eigenvalue weighted by molar-refractivity contribution is 5.96. The van der Waals surface area contributed by atoms with Gasteiger partial charge in [-0.05, 0) is 92.7 Å². The Kier molecular flexibility index (Phi) is 6.11. The predicted molar refractivity (Wildman–Crippen MR) is 126 cm³/mol. The quantitative estimate of drug-likeness (QED) is 0.599. The van der Waals surface area contributed by atoms with Gasteiger partial charge in [-0.3, -0.25) is 9.59 Å². The second-order valence-corrected chi connectivity index (χ2v) is 11.6. The van der Waals surface area contributed by atoms with Crippen molar-refractivity contribution in [1.82, 2.24) is 4.90 Å². The molecular weight excluding hydrogens is 436 g/mol. The van der Waals surface area contributed by atoms with Gasteiger partial charge in [0.2, 0.25) is 0 Å². The van der Waals surface area contributed by atoms with E-state index in [9.17, 15) is 23.5 Å². The number of hydrogen-bond acceptors (Lipinski definition) is 3. The lowest BCUT2D eigenvalue weighted by Crippen LogP contribution is -2.43. The average molecular weight is 474 g/mol. The van der Waals surface area contributed by atoms with E-state index >= 15 is 0 Å². The average Bonchev–Trinajstić information content (AvgIpc) is 3.48. The van der Waals surface area contributed by atoms with E-state index in [2.05, 4.69) is 6.92 Å². The summed E-state index contributed by atoms with van der Waals surface area (Å²) in [5, 5.41) is 10.1. The number of likely N-dealkylation sites (tertiary alicyclic amines) is 1. The number of Topliss-reactive ketones (excluding diaryl/α,β-unsaturated/α-hetero) is 1. The van der Waals surface area contributed by atoms with Crippen LogP contribution in [-0.2, 0) is 10.7 Å². The molecule has 5 rings (SSSR count). The fourth-order valence-corrected chi connectivity index (χ4v) is 6.99. The van der Waals surface area contributed by atoms with E-state index in [1.54, 1.807) is 17.0 Å². The summed E-state index contributed by atoms with van der Waals surface area (Å²) >= 11 is 0. The van der Waals surface area contributed by atoms with Crippen molar-refractivity contribution < 1.29 is 23.5 Å². The molecule has 3 aliphatic carbocycles. The Labute approximate surface area is 201 Å². The van der Waals surface area contributed by atoms with Gasteiger partial charge < -0.3 is 10.0 Å². The lowest BCUT2D eigenvalue weighted by molar-refractivity contribution is -0.134. The highest BCUT2D eigenvalue weighted by atomic mass is 19.3. The van der Waals surface area contributed by atoms with Crippen LogP contribution in [0.4, 0.5) is 8.78 Å². The topological polar surface area (TPSA) is 57.6 Å². The number of nitrogens with zero attached hydrogens (tertiary/aromatic N) is 1. The third-order valence-corrected chi connectivity index (χ3v) is 9.32. The molecule has 1 N–H and O–H groups in total. The highest BCUT2D eigenvalue weighted by Crippen LogP contribution is 2.50. The zero-order valence-electron chi connectivity index (χ0n) is 20.4. The van der Waals surface area contributed by atoms with Crippen molar-refractivity contribution in [2.75, 3.05) is 13.1 Å². The van der Waals surface area contributed by atoms with Crippen molar-refractivity contribution in [2.45, 2.75) is 89.1 Å². The standard InChI is InChI=1S/C28H37F2NO3/c1-17-3-4-21-15-19(5-7-22(17)21)20-6-8-23(24(16-20)27(2,29)30)26(33)31-13-9-18(10-14-31)25(32)28(34)11-12-28/h6,8,16-19,21-22,34H,3-5,7,9-15H2,1-2H3. The van der Waals surface area contributed by atoms with Gasteiger partial charge >= 0.3 is 0 Å². The molecule has 1 aliphatic heterocycles. The molecule has 1 heterocycles. The van der Waals surface area contributed by atoms with E-state index in [-0.39, 0.29) is 34.7 Å². The van der Waals surface area contributed by atoms with Crippen molar-refractivity contribution >= 4 is 11.7 Å². The normalized spacial score (nSPS) is 31.3. The van der Waals surface area contributed by atoms with E-state index in [4.69, 9.17) is 0 Å². The minimum Gasteiger partial charge on any atom is -0.382 e. The molecule has 34 heavy (non-hydrogen) atoms. The summed E-state index contributed by atoms with van der Waals surface area (Å²) in [6.07, 6.45) is 7.77. The number of amides is 1.